The number of nitrogens with two attached hydrogens (primary N) is 3. The van der Waals surface area contributed by atoms with Gasteiger partial charge in [0.25, 0.3) is 5.91 Å². The van der Waals surface area contributed by atoms with Crippen molar-refractivity contribution >= 4 is 29.2 Å². The fourth-order valence-electron chi connectivity index (χ4n) is 4.37. The van der Waals surface area contributed by atoms with E-state index >= 15 is 0 Å². The highest BCUT2D eigenvalue weighted by atomic mass is 16.5. The van der Waals surface area contributed by atoms with Gasteiger partial charge in [-0.2, -0.15) is 0 Å². The van der Waals surface area contributed by atoms with Crippen molar-refractivity contribution in [1.29, 1.82) is 0 Å². The zero-order chi connectivity index (χ0) is 30.2. The third-order valence-corrected chi connectivity index (χ3v) is 6.28. The van der Waals surface area contributed by atoms with E-state index in [1.807, 2.05) is 5.43 Å². The second kappa shape index (κ2) is 10.7. The van der Waals surface area contributed by atoms with Crippen LogP contribution in [0.4, 0.5) is 10.5 Å². The van der Waals surface area contributed by atoms with Gasteiger partial charge in [-0.25, -0.2) is 20.2 Å². The van der Waals surface area contributed by atoms with Gasteiger partial charge in [-0.3, -0.25) is 19.8 Å². The summed E-state index contributed by atoms with van der Waals surface area (Å²) in [6, 6.07) is 4.67. The molecule has 0 saturated heterocycles. The number of anilines is 1. The number of hydrazine groups is 1. The number of hydrogen-bond donors (Lipinski definition) is 6. The first-order valence-electron chi connectivity index (χ1n) is 11.7. The number of nitrogens with one attached hydrogen (secondary N) is 2. The van der Waals surface area contributed by atoms with Crippen LogP contribution in [0, 0.1) is 6.92 Å². The summed E-state index contributed by atoms with van der Waals surface area (Å²) < 4.78 is 15.5. The van der Waals surface area contributed by atoms with E-state index in [0.29, 0.717) is 0 Å². The highest BCUT2D eigenvalue weighted by molar-refractivity contribution is 6.25. The smallest absolute Gasteiger partial charge is 0.330 e. The number of hydrogen-bond acceptors (Lipinski definition) is 12. The average Bonchev–Trinajstić information content (AvgIpc) is 2.95. The van der Waals surface area contributed by atoms with Gasteiger partial charge in [-0.1, -0.05) is 0 Å². The zero-order valence-corrected chi connectivity index (χ0v) is 22.2. The standard InChI is InChI=1S/C26H25N7O8/c1-9-14(10-6-8-13(39-2)23(40-3)20(10)34)15(27)19(31-17(9)25(37)32-33-26(29)38)12-7-5-11-18(30-12)22(36)16(28)24(41-4)21(11)35/h5-8,34H,27-28H2,1-4H3,(H,32,37)(H3,29,33,38). The van der Waals surface area contributed by atoms with E-state index in [9.17, 15) is 24.3 Å². The Labute approximate surface area is 232 Å². The number of aromatic nitrogens is 2. The molecule has 4 rings (SSSR count). The summed E-state index contributed by atoms with van der Waals surface area (Å²) in [5.41, 5.74) is 20.9. The topological polar surface area (TPSA) is 244 Å². The highest BCUT2D eigenvalue weighted by Crippen LogP contribution is 2.47. The number of phenolic OH excluding ortho intramolecular Hbond substituents is 1. The maximum absolute atomic E-state index is 13.0. The molecule has 212 valence electrons. The van der Waals surface area contributed by atoms with Crippen molar-refractivity contribution in [1.82, 2.24) is 20.8 Å². The number of carbonyl (C=O) groups excluding carboxylic acids is 4. The van der Waals surface area contributed by atoms with Crippen LogP contribution in [-0.4, -0.2) is 59.9 Å². The van der Waals surface area contributed by atoms with Gasteiger partial charge in [-0.05, 0) is 36.8 Å². The Morgan fingerprint density at radius 2 is 1.56 bits per heavy atom. The molecule has 0 spiro atoms. The van der Waals surface area contributed by atoms with Gasteiger partial charge in [0.15, 0.2) is 17.3 Å². The van der Waals surface area contributed by atoms with Gasteiger partial charge in [0.2, 0.25) is 17.3 Å². The molecule has 0 unspecified atom stereocenters. The maximum atomic E-state index is 13.0. The molecule has 2 heterocycles. The monoisotopic (exact) mass is 563 g/mol. The van der Waals surface area contributed by atoms with Gasteiger partial charge in [0, 0.05) is 11.1 Å². The lowest BCUT2D eigenvalue weighted by Crippen LogP contribution is -2.45. The molecule has 41 heavy (non-hydrogen) atoms. The number of amides is 3. The SMILES string of the molecule is COC1=C(N)C(=O)c2nc(-c3nc(C(=O)NNC(N)=O)c(C)c(-c4ccc(OC)c(OC)c4O)c3N)ccc2C1=O. The minimum Gasteiger partial charge on any atom is -0.504 e. The first kappa shape index (κ1) is 28.2. The number of phenols is 1. The first-order valence-corrected chi connectivity index (χ1v) is 11.7. The molecule has 15 heteroatoms. The number of allylic oxidation sites excluding steroid dienone is 2. The van der Waals surface area contributed by atoms with Crippen molar-refractivity contribution in [3.63, 3.8) is 0 Å². The molecule has 3 amide bonds. The van der Waals surface area contributed by atoms with Gasteiger partial charge < -0.3 is 36.5 Å². The number of rotatable bonds is 6. The van der Waals surface area contributed by atoms with Crippen LogP contribution in [0.5, 0.6) is 17.2 Å². The lowest BCUT2D eigenvalue weighted by atomic mass is 9.93. The molecule has 0 aliphatic heterocycles. The number of pyridine rings is 2. The molecular formula is C26H25N7O8. The van der Waals surface area contributed by atoms with Crippen molar-refractivity contribution in [2.45, 2.75) is 6.92 Å². The average molecular weight is 564 g/mol. The van der Waals surface area contributed by atoms with E-state index in [1.54, 1.807) is 0 Å². The Hall–Kier alpha value is -5.86. The quantitative estimate of drug-likeness (QED) is 0.229. The zero-order valence-electron chi connectivity index (χ0n) is 22.2. The van der Waals surface area contributed by atoms with Gasteiger partial charge >= 0.3 is 6.03 Å². The number of urea groups is 1. The highest BCUT2D eigenvalue weighted by Gasteiger charge is 2.34. The predicted molar refractivity (Wildman–Crippen MR) is 144 cm³/mol. The molecule has 0 fully saturated rings. The van der Waals surface area contributed by atoms with Gasteiger partial charge in [-0.15, -0.1) is 0 Å². The van der Waals surface area contributed by atoms with Crippen LogP contribution in [0.3, 0.4) is 0 Å². The van der Waals surface area contributed by atoms with Crippen LogP contribution in [0.1, 0.15) is 36.9 Å². The Bertz CT molecular complexity index is 1680. The van der Waals surface area contributed by atoms with E-state index in [0.717, 1.165) is 0 Å². The summed E-state index contributed by atoms with van der Waals surface area (Å²) in [6.07, 6.45) is 0. The molecule has 15 nitrogen and oxygen atoms in total. The van der Waals surface area contributed by atoms with Crippen LogP contribution in [0.25, 0.3) is 22.5 Å². The van der Waals surface area contributed by atoms with Crippen LogP contribution < -0.4 is 37.5 Å². The van der Waals surface area contributed by atoms with Crippen LogP contribution in [0.2, 0.25) is 0 Å². The minimum atomic E-state index is -1.04. The number of carbonyl (C=O) groups is 4. The summed E-state index contributed by atoms with van der Waals surface area (Å²) in [7, 11) is 3.93. The summed E-state index contributed by atoms with van der Waals surface area (Å²) in [4.78, 5) is 58.6. The molecule has 1 aliphatic carbocycles. The van der Waals surface area contributed by atoms with E-state index in [2.05, 4.69) is 15.4 Å². The molecular weight excluding hydrogens is 538 g/mol. The maximum Gasteiger partial charge on any atom is 0.330 e. The van der Waals surface area contributed by atoms with Gasteiger partial charge in [0.1, 0.15) is 22.8 Å². The Balaban J connectivity index is 2.01. The van der Waals surface area contributed by atoms with E-state index < -0.39 is 29.2 Å². The summed E-state index contributed by atoms with van der Waals surface area (Å²) in [6.45, 7) is 1.51. The number of ketones is 2. The van der Waals surface area contributed by atoms with Crippen molar-refractivity contribution in [2.75, 3.05) is 27.1 Å². The first-order chi connectivity index (χ1) is 19.5. The Morgan fingerprint density at radius 1 is 0.878 bits per heavy atom. The minimum absolute atomic E-state index is 0.00390. The number of benzene rings is 1. The third kappa shape index (κ3) is 4.64. The van der Waals surface area contributed by atoms with Crippen molar-refractivity contribution < 1.29 is 38.5 Å². The summed E-state index contributed by atoms with van der Waals surface area (Å²) in [5.74, 6) is -2.73. The number of nitrogens with zero attached hydrogens (tertiary/aromatic N) is 2. The number of Topliss-reactive ketones (excluding diaryl/α,β-unsaturated/α-hetero) is 2. The van der Waals surface area contributed by atoms with Crippen molar-refractivity contribution in [2.24, 2.45) is 11.5 Å². The lowest BCUT2D eigenvalue weighted by Gasteiger charge is -2.20. The van der Waals surface area contributed by atoms with Crippen molar-refractivity contribution in [3.8, 4) is 39.8 Å². The van der Waals surface area contributed by atoms with Crippen LogP contribution in [-0.2, 0) is 4.74 Å². The molecule has 0 saturated carbocycles. The number of ether oxygens (including phenoxy) is 3. The Kier molecular flexibility index (Phi) is 7.36. The number of primary amides is 1. The van der Waals surface area contributed by atoms with Gasteiger partial charge in [0.05, 0.1) is 38.3 Å². The molecule has 0 radical (unpaired) electrons. The fraction of sp³-hybridized carbons (Fsp3) is 0.154. The normalized spacial score (nSPS) is 12.5. The molecule has 1 aromatic carbocycles. The van der Waals surface area contributed by atoms with Crippen LogP contribution in [0.15, 0.2) is 35.7 Å². The van der Waals surface area contributed by atoms with Crippen molar-refractivity contribution in [3.05, 3.63) is 58.2 Å². The number of nitrogen functional groups attached to an aromatic ring is 1. The largest absolute Gasteiger partial charge is 0.504 e. The molecule has 9 N–H and O–H groups in total. The lowest BCUT2D eigenvalue weighted by molar-refractivity contribution is 0.0902. The predicted octanol–water partition coefficient (Wildman–Crippen LogP) is 0.933. The number of methoxy groups -OCH3 is 3. The molecule has 0 bridgehead atoms. The fourth-order valence-corrected chi connectivity index (χ4v) is 4.37. The molecule has 3 aromatic rings. The van der Waals surface area contributed by atoms with E-state index in [4.69, 9.17) is 31.4 Å². The van der Waals surface area contributed by atoms with Crippen LogP contribution >= 0.6 is 0 Å². The van der Waals surface area contributed by atoms with E-state index in [1.165, 1.54) is 52.5 Å². The molecule has 2 aromatic heterocycles. The second-order valence-electron chi connectivity index (χ2n) is 8.56. The Morgan fingerprint density at radius 3 is 2.17 bits per heavy atom. The summed E-state index contributed by atoms with van der Waals surface area (Å²) >= 11 is 0. The summed E-state index contributed by atoms with van der Waals surface area (Å²) in [5, 5.41) is 11.1. The van der Waals surface area contributed by atoms with E-state index in [-0.39, 0.29) is 73.7 Å². The molecule has 0 atom stereocenters. The second-order valence-corrected chi connectivity index (χ2v) is 8.56. The molecule has 1 aliphatic rings. The number of aromatic hydroxyl groups is 1. The third-order valence-electron chi connectivity index (χ3n) is 6.28. The number of fused-ring (bicyclic) bond motifs is 1.